The highest BCUT2D eigenvalue weighted by molar-refractivity contribution is 6.03. The molecule has 2 heterocycles. The van der Waals surface area contributed by atoms with Gasteiger partial charge in [-0.2, -0.15) is 13.2 Å². The van der Waals surface area contributed by atoms with E-state index >= 15 is 0 Å². The Morgan fingerprint density at radius 3 is 2.47 bits per heavy atom. The Kier molecular flexibility index (Phi) is 8.75. The van der Waals surface area contributed by atoms with Crippen LogP contribution in [0.5, 0.6) is 0 Å². The summed E-state index contributed by atoms with van der Waals surface area (Å²) < 4.78 is 60.6. The van der Waals surface area contributed by atoms with Gasteiger partial charge in [0.25, 0.3) is 11.8 Å². The van der Waals surface area contributed by atoms with Crippen molar-refractivity contribution in [1.82, 2.24) is 25.6 Å². The number of piperidine rings is 1. The molecule has 1 aliphatic heterocycles. The van der Waals surface area contributed by atoms with E-state index in [1.54, 1.807) is 33.9 Å². The molecule has 0 aliphatic carbocycles. The van der Waals surface area contributed by atoms with Crippen molar-refractivity contribution in [2.24, 2.45) is 0 Å². The Morgan fingerprint density at radius 2 is 1.84 bits per heavy atom. The van der Waals surface area contributed by atoms with E-state index in [0.717, 1.165) is 4.57 Å². The number of anilines is 1. The first-order chi connectivity index (χ1) is 17.6. The van der Waals surface area contributed by atoms with Crippen molar-refractivity contribution < 1.29 is 36.7 Å². The number of nitrogens with zero attached hydrogens (tertiary/aromatic N) is 2. The number of ether oxygens (including phenoxy) is 1. The molecule has 2 atom stereocenters. The number of carbonyl (C=O) groups is 3. The van der Waals surface area contributed by atoms with Gasteiger partial charge in [0.1, 0.15) is 30.6 Å². The van der Waals surface area contributed by atoms with Crippen molar-refractivity contribution in [3.05, 3.63) is 30.0 Å². The summed E-state index contributed by atoms with van der Waals surface area (Å²) in [7, 11) is 1.80. The van der Waals surface area contributed by atoms with Crippen molar-refractivity contribution in [3.8, 4) is 0 Å². The quantitative estimate of drug-likeness (QED) is 0.328. The van der Waals surface area contributed by atoms with E-state index in [-0.39, 0.29) is 17.8 Å². The van der Waals surface area contributed by atoms with Crippen LogP contribution in [0.1, 0.15) is 37.7 Å². The van der Waals surface area contributed by atoms with E-state index in [1.165, 1.54) is 18.2 Å². The molecule has 14 heteroatoms. The number of likely N-dealkylation sites (tertiary alicyclic amines) is 1. The molecule has 1 aromatic carbocycles. The largest absolute Gasteiger partial charge is 0.444 e. The zero-order valence-corrected chi connectivity index (χ0v) is 21.5. The van der Waals surface area contributed by atoms with Crippen molar-refractivity contribution in [1.29, 1.82) is 0 Å². The fourth-order valence-corrected chi connectivity index (χ4v) is 4.07. The number of hydrogen-bond donors (Lipinski definition) is 4. The summed E-state index contributed by atoms with van der Waals surface area (Å²) in [6, 6.07) is 5.26. The van der Waals surface area contributed by atoms with Gasteiger partial charge in [-0.15, -0.1) is 0 Å². The maximum Gasteiger partial charge on any atom is 0.408 e. The Morgan fingerprint density at radius 1 is 1.13 bits per heavy atom. The standard InChI is InChI=1S/C24H32F4N6O4/c1-23(2,3)38-22(37)29-11-20(35)31-32-21(36)19-10-14-16(30-17-8-9-33(4)12-15(17)25)6-5-7-18(14)34(19)13-24(26,27)28/h5-7,10,15,17,30H,8-9,11-13H2,1-4H3,(H,29,37)(H,31,35)(H,32,36)/t15-,17+/m0/s1. The average molecular weight is 545 g/mol. The molecule has 3 rings (SSSR count). The number of carbonyl (C=O) groups excluding carboxylic acids is 3. The molecule has 210 valence electrons. The van der Waals surface area contributed by atoms with Crippen LogP contribution in [0.4, 0.5) is 28.0 Å². The van der Waals surface area contributed by atoms with E-state index in [4.69, 9.17) is 4.74 Å². The lowest BCUT2D eigenvalue weighted by Gasteiger charge is -2.33. The van der Waals surface area contributed by atoms with Crippen LogP contribution in [0.25, 0.3) is 10.9 Å². The summed E-state index contributed by atoms with van der Waals surface area (Å²) in [4.78, 5) is 38.4. The zero-order valence-electron chi connectivity index (χ0n) is 21.5. The molecule has 38 heavy (non-hydrogen) atoms. The predicted octanol–water partition coefficient (Wildman–Crippen LogP) is 2.94. The van der Waals surface area contributed by atoms with Crippen LogP contribution in [-0.2, 0) is 16.1 Å². The highest BCUT2D eigenvalue weighted by Gasteiger charge is 2.32. The summed E-state index contributed by atoms with van der Waals surface area (Å²) in [6.45, 7) is 3.78. The molecule has 0 radical (unpaired) electrons. The van der Waals surface area contributed by atoms with Gasteiger partial charge in [0, 0.05) is 24.2 Å². The lowest BCUT2D eigenvalue weighted by Crippen LogP contribution is -2.47. The number of aromatic nitrogens is 1. The smallest absolute Gasteiger partial charge is 0.408 e. The number of alkyl carbamates (subject to hydrolysis) is 1. The number of nitrogens with one attached hydrogen (secondary N) is 4. The van der Waals surface area contributed by atoms with E-state index in [9.17, 15) is 31.9 Å². The molecule has 0 unspecified atom stereocenters. The van der Waals surface area contributed by atoms with Crippen molar-refractivity contribution >= 4 is 34.5 Å². The van der Waals surface area contributed by atoms with Crippen LogP contribution < -0.4 is 21.5 Å². The second kappa shape index (κ2) is 11.5. The van der Waals surface area contributed by atoms with Gasteiger partial charge in [-0.1, -0.05) is 6.07 Å². The van der Waals surface area contributed by atoms with Crippen LogP contribution in [-0.4, -0.2) is 78.0 Å². The molecular formula is C24H32F4N6O4. The van der Waals surface area contributed by atoms with Gasteiger partial charge in [0.05, 0.1) is 11.6 Å². The number of hydrazine groups is 1. The normalized spacial score (nSPS) is 18.6. The van der Waals surface area contributed by atoms with Gasteiger partial charge in [-0.25, -0.2) is 9.18 Å². The molecule has 1 fully saturated rings. The van der Waals surface area contributed by atoms with Crippen molar-refractivity contribution in [2.75, 3.05) is 32.0 Å². The molecule has 0 bridgehead atoms. The number of benzene rings is 1. The van der Waals surface area contributed by atoms with Gasteiger partial charge >= 0.3 is 12.3 Å². The van der Waals surface area contributed by atoms with E-state index in [1.807, 2.05) is 4.90 Å². The molecule has 4 N–H and O–H groups in total. The minimum atomic E-state index is -4.65. The first kappa shape index (κ1) is 29.0. The molecular weight excluding hydrogens is 512 g/mol. The Bertz CT molecular complexity index is 1180. The van der Waals surface area contributed by atoms with Crippen LogP contribution in [0, 0.1) is 0 Å². The number of hydrogen-bond acceptors (Lipinski definition) is 6. The van der Waals surface area contributed by atoms with E-state index < -0.39 is 55.0 Å². The number of fused-ring (bicyclic) bond motifs is 1. The fraction of sp³-hybridized carbons (Fsp3) is 0.542. The second-order valence-corrected chi connectivity index (χ2v) is 10.1. The third kappa shape index (κ3) is 7.97. The lowest BCUT2D eigenvalue weighted by atomic mass is 10.0. The van der Waals surface area contributed by atoms with Crippen LogP contribution in [0.3, 0.4) is 0 Å². The molecule has 3 amide bonds. The van der Waals surface area contributed by atoms with Gasteiger partial charge in [-0.05, 0) is 52.4 Å². The van der Waals surface area contributed by atoms with Gasteiger partial charge in [-0.3, -0.25) is 20.4 Å². The number of amides is 3. The number of rotatable bonds is 6. The SMILES string of the molecule is CN1CC[C@@H](Nc2cccc3c2cc(C(=O)NNC(=O)CNC(=O)OC(C)(C)C)n3CC(F)(F)F)[C@@H](F)C1. The highest BCUT2D eigenvalue weighted by Crippen LogP contribution is 2.31. The topological polar surface area (TPSA) is 117 Å². The Balaban J connectivity index is 1.77. The lowest BCUT2D eigenvalue weighted by molar-refractivity contribution is -0.140. The third-order valence-electron chi connectivity index (χ3n) is 5.71. The van der Waals surface area contributed by atoms with Gasteiger partial charge < -0.3 is 24.8 Å². The molecule has 1 aromatic heterocycles. The average Bonchev–Trinajstić information content (AvgIpc) is 3.14. The summed E-state index contributed by atoms with van der Waals surface area (Å²) in [6.07, 6.45) is -6.20. The maximum absolute atomic E-state index is 14.6. The molecule has 10 nitrogen and oxygen atoms in total. The second-order valence-electron chi connectivity index (χ2n) is 10.1. The van der Waals surface area contributed by atoms with Crippen molar-refractivity contribution in [2.45, 2.75) is 57.7 Å². The van der Waals surface area contributed by atoms with E-state index in [2.05, 4.69) is 21.5 Å². The van der Waals surface area contributed by atoms with Gasteiger partial charge in [0.2, 0.25) is 0 Å². The maximum atomic E-state index is 14.6. The van der Waals surface area contributed by atoms with Crippen molar-refractivity contribution in [3.63, 3.8) is 0 Å². The fourth-order valence-electron chi connectivity index (χ4n) is 4.07. The van der Waals surface area contributed by atoms with Crippen LogP contribution in [0.15, 0.2) is 24.3 Å². The predicted molar refractivity (Wildman–Crippen MR) is 132 cm³/mol. The van der Waals surface area contributed by atoms with Crippen LogP contribution in [0.2, 0.25) is 0 Å². The zero-order chi connectivity index (χ0) is 28.3. The summed E-state index contributed by atoms with van der Waals surface area (Å²) in [5, 5.41) is 5.58. The summed E-state index contributed by atoms with van der Waals surface area (Å²) in [5.74, 6) is -1.84. The first-order valence-corrected chi connectivity index (χ1v) is 12.0. The first-order valence-electron chi connectivity index (χ1n) is 12.0. The third-order valence-corrected chi connectivity index (χ3v) is 5.71. The molecule has 2 aromatic rings. The molecule has 0 spiro atoms. The minimum Gasteiger partial charge on any atom is -0.444 e. The molecule has 1 saturated heterocycles. The van der Waals surface area contributed by atoms with Crippen LogP contribution >= 0.6 is 0 Å². The van der Waals surface area contributed by atoms with Gasteiger partial charge in [0.15, 0.2) is 0 Å². The number of alkyl halides is 4. The Hall–Kier alpha value is -3.55. The summed E-state index contributed by atoms with van der Waals surface area (Å²) >= 11 is 0. The molecule has 0 saturated carbocycles. The minimum absolute atomic E-state index is 0.110. The monoisotopic (exact) mass is 544 g/mol. The van der Waals surface area contributed by atoms with E-state index in [0.29, 0.717) is 24.0 Å². The highest BCUT2D eigenvalue weighted by atomic mass is 19.4. The molecule has 1 aliphatic rings. The Labute approximate surface area is 217 Å². The summed E-state index contributed by atoms with van der Waals surface area (Å²) in [5.41, 5.74) is 3.46. The number of halogens is 4.